The molecule has 4 aromatic rings. The first-order valence-electron chi connectivity index (χ1n) is 15.9. The number of alkyl halides is 3. The molecule has 2 aromatic heterocycles. The lowest BCUT2D eigenvalue weighted by Gasteiger charge is -2.25. The van der Waals surface area contributed by atoms with Gasteiger partial charge in [0.1, 0.15) is 17.5 Å². The minimum atomic E-state index is -4.82. The number of alkyl carbamates (subject to hydrolysis) is 1. The van der Waals surface area contributed by atoms with Gasteiger partial charge in [0.05, 0.1) is 23.7 Å². The molecule has 0 saturated carbocycles. The summed E-state index contributed by atoms with van der Waals surface area (Å²) in [4.78, 5) is 33.9. The van der Waals surface area contributed by atoms with Crippen molar-refractivity contribution in [1.82, 2.24) is 25.1 Å². The summed E-state index contributed by atoms with van der Waals surface area (Å²) in [5.74, 6) is -0.549. The quantitative estimate of drug-likeness (QED) is 0.167. The second-order valence-corrected chi connectivity index (χ2v) is 13.2. The highest BCUT2D eigenvalue weighted by atomic mass is 35.5. The lowest BCUT2D eigenvalue weighted by atomic mass is 9.99. The summed E-state index contributed by atoms with van der Waals surface area (Å²) < 4.78 is 61.8. The maximum absolute atomic E-state index is 14.7. The van der Waals surface area contributed by atoms with Gasteiger partial charge in [-0.1, -0.05) is 48.0 Å². The number of amides is 1. The van der Waals surface area contributed by atoms with Crippen molar-refractivity contribution in [1.29, 1.82) is 0 Å². The summed E-state index contributed by atoms with van der Waals surface area (Å²) >= 11 is 6.19. The number of halogens is 4. The number of aryl methyl sites for hydroxylation is 2. The lowest BCUT2D eigenvalue weighted by molar-refractivity contribution is -0.198. The van der Waals surface area contributed by atoms with Crippen molar-refractivity contribution in [3.63, 3.8) is 0 Å². The maximum Gasteiger partial charge on any atom is 0.429 e. The predicted molar refractivity (Wildman–Crippen MR) is 180 cm³/mol. The van der Waals surface area contributed by atoms with Crippen LogP contribution >= 0.6 is 11.6 Å². The van der Waals surface area contributed by atoms with E-state index in [1.165, 1.54) is 22.9 Å². The van der Waals surface area contributed by atoms with Crippen LogP contribution in [0.1, 0.15) is 73.3 Å². The summed E-state index contributed by atoms with van der Waals surface area (Å²) in [7, 11) is 0. The molecule has 1 aliphatic rings. The molecule has 5 rings (SSSR count). The molecule has 0 unspecified atom stereocenters. The second-order valence-electron chi connectivity index (χ2n) is 12.7. The Balaban J connectivity index is 1.41. The Labute approximate surface area is 292 Å². The number of benzene rings is 2. The van der Waals surface area contributed by atoms with Gasteiger partial charge < -0.3 is 19.5 Å². The molecule has 0 bridgehead atoms. The number of esters is 1. The first-order chi connectivity index (χ1) is 23.5. The van der Waals surface area contributed by atoms with Gasteiger partial charge in [0.25, 0.3) is 0 Å². The van der Waals surface area contributed by atoms with Crippen molar-refractivity contribution >= 4 is 29.2 Å². The Morgan fingerprint density at radius 3 is 2.38 bits per heavy atom. The number of fused-ring (bicyclic) bond motifs is 1. The third kappa shape index (κ3) is 8.62. The number of allylic oxidation sites excluding steroid dienone is 1. The number of hydrogen-bond acceptors (Lipinski definition) is 8. The number of carbonyl (C=O) groups is 2. The topological polar surface area (TPSA) is 117 Å². The molecule has 1 aliphatic carbocycles. The molecule has 264 valence electrons. The van der Waals surface area contributed by atoms with E-state index in [0.29, 0.717) is 22.5 Å². The Bertz CT molecular complexity index is 1920. The molecule has 0 aliphatic heterocycles. The van der Waals surface area contributed by atoms with Gasteiger partial charge in [-0.15, -0.1) is 0 Å². The molecule has 10 nitrogen and oxygen atoms in total. The molecule has 0 saturated heterocycles. The largest absolute Gasteiger partial charge is 0.464 e. The molecule has 0 spiro atoms. The zero-order valence-electron chi connectivity index (χ0n) is 28.4. The predicted octanol–water partition coefficient (Wildman–Crippen LogP) is 7.60. The van der Waals surface area contributed by atoms with Crippen molar-refractivity contribution in [2.75, 3.05) is 6.61 Å². The van der Waals surface area contributed by atoms with Crippen molar-refractivity contribution in [2.45, 2.75) is 78.3 Å². The molecule has 50 heavy (non-hydrogen) atoms. The third-order valence-corrected chi connectivity index (χ3v) is 7.82. The van der Waals surface area contributed by atoms with E-state index in [9.17, 15) is 22.8 Å². The highest BCUT2D eigenvalue weighted by Gasteiger charge is 2.45. The first-order valence-corrected chi connectivity index (χ1v) is 16.3. The van der Waals surface area contributed by atoms with Crippen molar-refractivity contribution in [2.24, 2.45) is 0 Å². The molecule has 0 fully saturated rings. The summed E-state index contributed by atoms with van der Waals surface area (Å²) in [6.07, 6.45) is -4.16. The van der Waals surface area contributed by atoms with Crippen molar-refractivity contribution < 1.29 is 37.0 Å². The van der Waals surface area contributed by atoms with Gasteiger partial charge in [0.2, 0.25) is 12.0 Å². The van der Waals surface area contributed by atoms with Crippen LogP contribution in [0.25, 0.3) is 11.3 Å². The van der Waals surface area contributed by atoms with Gasteiger partial charge in [0, 0.05) is 34.3 Å². The van der Waals surface area contributed by atoms with Gasteiger partial charge in [-0.25, -0.2) is 19.3 Å². The van der Waals surface area contributed by atoms with E-state index in [1.54, 1.807) is 65.9 Å². The fourth-order valence-corrected chi connectivity index (χ4v) is 5.64. The second kappa shape index (κ2) is 14.5. The van der Waals surface area contributed by atoms with E-state index in [4.69, 9.17) is 25.8 Å². The molecule has 14 heteroatoms. The van der Waals surface area contributed by atoms with Crippen LogP contribution in [0, 0.1) is 13.8 Å². The standard InChI is InChI=1S/C36H37ClF3N5O5/c1-7-48-33(46)28(43-34(47)50-35(4,5)6)18-22-8-10-23(11-9-22)25-14-15-27-30(25)41-21(3)42-32(27)49-31(36(38,39)40)26-13-12-24(37)19-29(26)45-17-16-20(2)44-45/h8-14,16-17,19,28,31H,7,15,18H2,1-6H3,(H,43,47)/t28-,31+/m0/s1. The highest BCUT2D eigenvalue weighted by Crippen LogP contribution is 2.43. The Morgan fingerprint density at radius 2 is 1.76 bits per heavy atom. The lowest BCUT2D eigenvalue weighted by Crippen LogP contribution is -2.45. The van der Waals surface area contributed by atoms with Crippen LogP contribution in [-0.4, -0.2) is 56.2 Å². The summed E-state index contributed by atoms with van der Waals surface area (Å²) in [5, 5.41) is 7.12. The van der Waals surface area contributed by atoms with Crippen LogP contribution in [-0.2, 0) is 27.1 Å². The van der Waals surface area contributed by atoms with Gasteiger partial charge in [-0.05, 0) is 77.3 Å². The molecule has 1 amide bonds. The average molecular weight is 712 g/mol. The zero-order valence-corrected chi connectivity index (χ0v) is 29.1. The van der Waals surface area contributed by atoms with Crippen LogP contribution in [0.3, 0.4) is 0 Å². The summed E-state index contributed by atoms with van der Waals surface area (Å²) in [5.41, 5.74) is 2.84. The number of nitrogens with one attached hydrogen (secondary N) is 1. The molecule has 1 N–H and O–H groups in total. The van der Waals surface area contributed by atoms with Gasteiger partial charge in [-0.3, -0.25) is 0 Å². The molecule has 2 heterocycles. The fourth-order valence-electron chi connectivity index (χ4n) is 5.48. The zero-order chi connectivity index (χ0) is 36.4. The SMILES string of the molecule is CCOC(=O)[C@H](Cc1ccc(C2=CCc3c(O[C@H](c4ccc(Cl)cc4-n4ccc(C)n4)C(F)(F)F)nc(C)nc32)cc1)NC(=O)OC(C)(C)C. The third-order valence-electron chi connectivity index (χ3n) is 7.58. The van der Waals surface area contributed by atoms with E-state index in [2.05, 4.69) is 20.4 Å². The molecule has 2 atom stereocenters. The van der Waals surface area contributed by atoms with E-state index in [-0.39, 0.29) is 47.4 Å². The first kappa shape index (κ1) is 36.4. The minimum absolute atomic E-state index is 0.126. The number of ether oxygens (including phenoxy) is 3. The molecular formula is C36H37ClF3N5O5. The Morgan fingerprint density at radius 1 is 1.04 bits per heavy atom. The molecular weight excluding hydrogens is 675 g/mol. The molecule has 0 radical (unpaired) electrons. The van der Waals surface area contributed by atoms with Crippen LogP contribution in [0.4, 0.5) is 18.0 Å². The minimum Gasteiger partial charge on any atom is -0.464 e. The summed E-state index contributed by atoms with van der Waals surface area (Å²) in [6, 6.07) is 12.0. The van der Waals surface area contributed by atoms with E-state index < -0.39 is 36.0 Å². The van der Waals surface area contributed by atoms with E-state index in [1.807, 2.05) is 18.2 Å². The van der Waals surface area contributed by atoms with Crippen LogP contribution in [0.5, 0.6) is 5.88 Å². The van der Waals surface area contributed by atoms with E-state index >= 15 is 0 Å². The van der Waals surface area contributed by atoms with E-state index in [0.717, 1.165) is 11.1 Å². The number of carbonyl (C=O) groups excluding carboxylic acids is 2. The van der Waals surface area contributed by atoms with Crippen LogP contribution < -0.4 is 10.1 Å². The maximum atomic E-state index is 14.7. The fraction of sp³-hybridized carbons (Fsp3) is 0.361. The van der Waals surface area contributed by atoms with Crippen LogP contribution in [0.15, 0.2) is 60.8 Å². The Hall–Kier alpha value is -4.91. The monoisotopic (exact) mass is 711 g/mol. The van der Waals surface area contributed by atoms with Gasteiger partial charge >= 0.3 is 18.2 Å². The highest BCUT2D eigenvalue weighted by molar-refractivity contribution is 6.30. The average Bonchev–Trinajstić information content (AvgIpc) is 3.65. The number of aromatic nitrogens is 4. The normalized spacial score (nSPS) is 14.0. The van der Waals surface area contributed by atoms with Crippen molar-refractivity contribution in [3.8, 4) is 11.6 Å². The molecule has 2 aromatic carbocycles. The van der Waals surface area contributed by atoms with Gasteiger partial charge in [-0.2, -0.15) is 23.3 Å². The Kier molecular flexibility index (Phi) is 10.6. The summed E-state index contributed by atoms with van der Waals surface area (Å²) in [6.45, 7) is 10.3. The van der Waals surface area contributed by atoms with Crippen molar-refractivity contribution in [3.05, 3.63) is 105 Å². The number of rotatable bonds is 10. The number of nitrogens with zero attached hydrogens (tertiary/aromatic N) is 4. The number of hydrogen-bond donors (Lipinski definition) is 1. The van der Waals surface area contributed by atoms with Gasteiger partial charge in [0.15, 0.2) is 0 Å². The smallest absolute Gasteiger partial charge is 0.429 e. The van der Waals surface area contributed by atoms with Crippen LogP contribution in [0.2, 0.25) is 5.02 Å².